The van der Waals surface area contributed by atoms with Gasteiger partial charge in [-0.05, 0) is 57.4 Å². The van der Waals surface area contributed by atoms with Crippen LogP contribution in [0.1, 0.15) is 21.6 Å². The molecule has 3 aromatic rings. The van der Waals surface area contributed by atoms with Gasteiger partial charge in [0.25, 0.3) is 0 Å². The summed E-state index contributed by atoms with van der Waals surface area (Å²) in [5.74, 6) is 1.28. The van der Waals surface area contributed by atoms with E-state index in [-0.39, 0.29) is 17.3 Å². The number of fused-ring (bicyclic) bond motifs is 2. The van der Waals surface area contributed by atoms with Gasteiger partial charge in [-0.3, -0.25) is 4.79 Å². The number of likely N-dealkylation sites (N-methyl/N-ethyl adjacent to an activating group) is 1. The summed E-state index contributed by atoms with van der Waals surface area (Å²) < 4.78 is 13.4. The molecule has 0 saturated heterocycles. The van der Waals surface area contributed by atoms with Crippen molar-refractivity contribution < 1.29 is 19.4 Å². The molecule has 0 fully saturated rings. The number of Topliss-reactive ketones (excluding diaryl/α,β-unsaturated/α-hetero) is 1. The van der Waals surface area contributed by atoms with Crippen molar-refractivity contribution >= 4 is 22.8 Å². The Balaban J connectivity index is 1.84. The summed E-state index contributed by atoms with van der Waals surface area (Å²) in [5.41, 5.74) is 3.52. The second-order valence-electron chi connectivity index (χ2n) is 7.46. The van der Waals surface area contributed by atoms with Crippen LogP contribution < -0.4 is 9.47 Å². The molecule has 2 aromatic carbocycles. The van der Waals surface area contributed by atoms with Crippen molar-refractivity contribution in [3.63, 3.8) is 0 Å². The van der Waals surface area contributed by atoms with Gasteiger partial charge in [-0.2, -0.15) is 0 Å². The average molecular weight is 392 g/mol. The second-order valence-corrected chi connectivity index (χ2v) is 7.46. The fourth-order valence-corrected chi connectivity index (χ4v) is 3.69. The number of aromatic hydroxyl groups is 1. The lowest BCUT2D eigenvalue weighted by atomic mass is 10.1. The first-order chi connectivity index (χ1) is 13.9. The summed E-state index contributed by atoms with van der Waals surface area (Å²) in [6.45, 7) is 3.77. The minimum Gasteiger partial charge on any atom is -0.508 e. The van der Waals surface area contributed by atoms with Gasteiger partial charge in [0, 0.05) is 41.3 Å². The average Bonchev–Trinajstić information content (AvgIpc) is 3.13. The predicted octanol–water partition coefficient (Wildman–Crippen LogP) is 3.84. The first-order valence-electron chi connectivity index (χ1n) is 9.48. The van der Waals surface area contributed by atoms with Crippen molar-refractivity contribution in [2.75, 3.05) is 27.7 Å². The van der Waals surface area contributed by atoms with E-state index in [1.165, 1.54) is 12.1 Å². The molecule has 0 saturated carbocycles. The Morgan fingerprint density at radius 2 is 2.00 bits per heavy atom. The lowest BCUT2D eigenvalue weighted by Crippen LogP contribution is -2.18. The van der Waals surface area contributed by atoms with Crippen LogP contribution in [-0.2, 0) is 6.54 Å². The smallest absolute Gasteiger partial charge is 0.231 e. The van der Waals surface area contributed by atoms with Crippen molar-refractivity contribution in [1.29, 1.82) is 0 Å². The fraction of sp³-hybridized carbons (Fsp3) is 0.261. The maximum absolute atomic E-state index is 12.8. The molecule has 1 N–H and O–H groups in total. The third-order valence-corrected chi connectivity index (χ3v) is 5.28. The minimum atomic E-state index is -0.184. The molecule has 0 unspecified atom stereocenters. The third-order valence-electron chi connectivity index (χ3n) is 5.28. The van der Waals surface area contributed by atoms with Gasteiger partial charge in [-0.1, -0.05) is 0 Å². The highest BCUT2D eigenvalue weighted by Gasteiger charge is 2.28. The topological polar surface area (TPSA) is 63.9 Å². The number of benzene rings is 2. The minimum absolute atomic E-state index is 0.0685. The number of ketones is 1. The highest BCUT2D eigenvalue weighted by Crippen LogP contribution is 2.37. The number of carbonyl (C=O) groups excluding carboxylic acids is 1. The first-order valence-corrected chi connectivity index (χ1v) is 9.48. The number of phenolic OH excluding ortho intramolecular Hbond substituents is 1. The van der Waals surface area contributed by atoms with E-state index in [4.69, 9.17) is 9.47 Å². The molecule has 150 valence electrons. The number of allylic oxidation sites excluding steroid dienone is 1. The predicted molar refractivity (Wildman–Crippen MR) is 113 cm³/mol. The molecule has 1 aromatic heterocycles. The van der Waals surface area contributed by atoms with E-state index >= 15 is 0 Å². The van der Waals surface area contributed by atoms with Crippen LogP contribution in [0.4, 0.5) is 0 Å². The van der Waals surface area contributed by atoms with Gasteiger partial charge in [-0.15, -0.1) is 0 Å². The van der Waals surface area contributed by atoms with Gasteiger partial charge in [0.05, 0.1) is 12.7 Å². The van der Waals surface area contributed by atoms with Gasteiger partial charge in [-0.25, -0.2) is 0 Å². The molecule has 0 radical (unpaired) electrons. The Morgan fingerprint density at radius 3 is 2.72 bits per heavy atom. The molecule has 0 atom stereocenters. The largest absolute Gasteiger partial charge is 0.508 e. The second kappa shape index (κ2) is 7.29. The number of aromatic nitrogens is 1. The molecular weight excluding hydrogens is 368 g/mol. The van der Waals surface area contributed by atoms with Crippen LogP contribution in [0, 0.1) is 6.92 Å². The third kappa shape index (κ3) is 3.36. The molecule has 6 nitrogen and oxygen atoms in total. The van der Waals surface area contributed by atoms with Crippen LogP contribution in [0.2, 0.25) is 0 Å². The number of carbonyl (C=O) groups is 1. The lowest BCUT2D eigenvalue weighted by molar-refractivity contribution is 0.101. The number of nitrogens with zero attached hydrogens (tertiary/aromatic N) is 2. The van der Waals surface area contributed by atoms with Crippen LogP contribution in [0.3, 0.4) is 0 Å². The Morgan fingerprint density at radius 1 is 1.21 bits per heavy atom. The van der Waals surface area contributed by atoms with Gasteiger partial charge >= 0.3 is 0 Å². The van der Waals surface area contributed by atoms with Gasteiger partial charge in [0.2, 0.25) is 5.78 Å². The van der Waals surface area contributed by atoms with Crippen molar-refractivity contribution in [3.8, 4) is 17.2 Å². The maximum Gasteiger partial charge on any atom is 0.231 e. The van der Waals surface area contributed by atoms with Crippen molar-refractivity contribution in [2.24, 2.45) is 0 Å². The van der Waals surface area contributed by atoms with E-state index in [0.29, 0.717) is 11.3 Å². The summed E-state index contributed by atoms with van der Waals surface area (Å²) in [5, 5.41) is 10.7. The lowest BCUT2D eigenvalue weighted by Gasteiger charge is -2.13. The molecule has 6 heteroatoms. The van der Waals surface area contributed by atoms with Gasteiger partial charge in [0.15, 0.2) is 5.76 Å². The summed E-state index contributed by atoms with van der Waals surface area (Å²) in [4.78, 5) is 14.9. The first kappa shape index (κ1) is 19.1. The SMILES string of the molecule is COc1ccc2c(c1)c(/C=C1\Oc3cc(O)ccc3C1=O)c(C)n2CCN(C)C. The van der Waals surface area contributed by atoms with Crippen molar-refractivity contribution in [3.05, 3.63) is 59.0 Å². The van der Waals surface area contributed by atoms with Crippen LogP contribution in [0.15, 0.2) is 42.2 Å². The van der Waals surface area contributed by atoms with E-state index in [2.05, 4.69) is 9.47 Å². The molecule has 1 aliphatic heterocycles. The number of rotatable bonds is 5. The Kier molecular flexibility index (Phi) is 4.80. The number of ether oxygens (including phenoxy) is 2. The molecule has 0 amide bonds. The molecule has 1 aliphatic rings. The van der Waals surface area contributed by atoms with Crippen molar-refractivity contribution in [2.45, 2.75) is 13.5 Å². The van der Waals surface area contributed by atoms with Crippen LogP contribution >= 0.6 is 0 Å². The summed E-state index contributed by atoms with van der Waals surface area (Å²) in [6, 6.07) is 10.5. The number of hydrogen-bond donors (Lipinski definition) is 1. The van der Waals surface area contributed by atoms with E-state index < -0.39 is 0 Å². The van der Waals surface area contributed by atoms with Crippen molar-refractivity contribution in [1.82, 2.24) is 9.47 Å². The van der Waals surface area contributed by atoms with Crippen LogP contribution in [-0.4, -0.2) is 48.1 Å². The molecule has 0 aliphatic carbocycles. The highest BCUT2D eigenvalue weighted by molar-refractivity contribution is 6.15. The fourth-order valence-electron chi connectivity index (χ4n) is 3.69. The normalized spacial score (nSPS) is 14.7. The molecule has 2 heterocycles. The zero-order valence-corrected chi connectivity index (χ0v) is 17.0. The van der Waals surface area contributed by atoms with E-state index in [1.54, 1.807) is 19.3 Å². The number of hydrogen-bond acceptors (Lipinski definition) is 5. The molecular formula is C23H24N2O4. The molecule has 29 heavy (non-hydrogen) atoms. The number of phenols is 1. The summed E-state index contributed by atoms with van der Waals surface area (Å²) in [7, 11) is 5.73. The number of methoxy groups -OCH3 is 1. The Bertz CT molecular complexity index is 1140. The van der Waals surface area contributed by atoms with E-state index in [1.807, 2.05) is 39.2 Å². The van der Waals surface area contributed by atoms with E-state index in [9.17, 15) is 9.90 Å². The van der Waals surface area contributed by atoms with Gasteiger partial charge in [0.1, 0.15) is 17.2 Å². The molecule has 0 bridgehead atoms. The molecule has 0 spiro atoms. The van der Waals surface area contributed by atoms with E-state index in [0.717, 1.165) is 41.0 Å². The zero-order valence-electron chi connectivity index (χ0n) is 17.0. The molecule has 4 rings (SSSR count). The summed E-state index contributed by atoms with van der Waals surface area (Å²) in [6.07, 6.45) is 1.79. The maximum atomic E-state index is 12.8. The Hall–Kier alpha value is -3.25. The quantitative estimate of drug-likeness (QED) is 0.669. The summed E-state index contributed by atoms with van der Waals surface area (Å²) >= 11 is 0. The van der Waals surface area contributed by atoms with Crippen LogP contribution in [0.25, 0.3) is 17.0 Å². The Labute approximate surface area is 169 Å². The van der Waals surface area contributed by atoms with Crippen LogP contribution in [0.5, 0.6) is 17.2 Å². The zero-order chi connectivity index (χ0) is 20.7. The monoisotopic (exact) mass is 392 g/mol. The standard InChI is InChI=1S/C23H24N2O4/c1-14-18(13-22-23(27)17-7-5-15(26)11-21(17)29-22)19-12-16(28-4)6-8-20(19)25(14)10-9-24(2)3/h5-8,11-13,26H,9-10H2,1-4H3/b22-13-. The van der Waals surface area contributed by atoms with Gasteiger partial charge < -0.3 is 24.0 Å². The highest BCUT2D eigenvalue weighted by atomic mass is 16.5.